The van der Waals surface area contributed by atoms with Crippen molar-refractivity contribution in [3.05, 3.63) is 0 Å². The molecular formula is C33H58O10. The van der Waals surface area contributed by atoms with Gasteiger partial charge in [-0.1, -0.05) is 40.5 Å². The lowest BCUT2D eigenvalue weighted by Crippen LogP contribution is -2.69. The van der Waals surface area contributed by atoms with Crippen molar-refractivity contribution < 1.29 is 50.0 Å². The van der Waals surface area contributed by atoms with Crippen LogP contribution >= 0.6 is 0 Å². The summed E-state index contributed by atoms with van der Waals surface area (Å²) in [5.74, 6) is -0.583. The average molecular weight is 615 g/mol. The van der Waals surface area contributed by atoms with Gasteiger partial charge in [-0.2, -0.15) is 0 Å². The first-order valence-electron chi connectivity index (χ1n) is 16.8. The molecule has 0 amide bonds. The average Bonchev–Trinajstić information content (AvgIpc) is 3.16. The molecule has 250 valence electrons. The predicted octanol–water partition coefficient (Wildman–Crippen LogP) is 1.59. The third-order valence-electron chi connectivity index (χ3n) is 13.1. The van der Waals surface area contributed by atoms with Crippen molar-refractivity contribution in [2.75, 3.05) is 20.3 Å². The number of ether oxygens (including phenoxy) is 3. The highest BCUT2D eigenvalue weighted by atomic mass is 16.7. The van der Waals surface area contributed by atoms with Crippen LogP contribution in [0, 0.1) is 46.3 Å². The molecule has 5 fully saturated rings. The van der Waals surface area contributed by atoms with Gasteiger partial charge >= 0.3 is 0 Å². The monoisotopic (exact) mass is 614 g/mol. The molecule has 0 aromatic carbocycles. The number of fused-ring (bicyclic) bond motifs is 5. The van der Waals surface area contributed by atoms with Crippen molar-refractivity contribution in [1.29, 1.82) is 0 Å². The lowest BCUT2D eigenvalue weighted by Gasteiger charge is -2.66. The van der Waals surface area contributed by atoms with Crippen LogP contribution in [0.4, 0.5) is 0 Å². The fraction of sp³-hybridized carbons (Fsp3) is 1.00. The Morgan fingerprint density at radius 2 is 1.60 bits per heavy atom. The number of rotatable bonds is 9. The zero-order valence-corrected chi connectivity index (χ0v) is 26.7. The predicted molar refractivity (Wildman–Crippen MR) is 158 cm³/mol. The molecule has 0 spiro atoms. The van der Waals surface area contributed by atoms with E-state index in [-0.39, 0.29) is 60.7 Å². The minimum atomic E-state index is -1.31. The topological polar surface area (TPSA) is 169 Å². The molecule has 0 bridgehead atoms. The lowest BCUT2D eigenvalue weighted by atomic mass is 9.42. The van der Waals surface area contributed by atoms with Gasteiger partial charge < -0.3 is 50.0 Å². The van der Waals surface area contributed by atoms with E-state index in [1.165, 1.54) is 7.11 Å². The summed E-state index contributed by atoms with van der Waals surface area (Å²) in [6.07, 6.45) is -0.449. The maximum Gasteiger partial charge on any atom is 0.186 e. The Bertz CT molecular complexity index is 953. The molecule has 0 radical (unpaired) electrons. The first kappa shape index (κ1) is 33.9. The highest BCUT2D eigenvalue weighted by Crippen LogP contribution is 2.70. The smallest absolute Gasteiger partial charge is 0.186 e. The Labute approximate surface area is 256 Å². The van der Waals surface area contributed by atoms with Crippen molar-refractivity contribution in [2.45, 2.75) is 140 Å². The van der Waals surface area contributed by atoms with Gasteiger partial charge in [0.1, 0.15) is 18.3 Å². The molecule has 4 saturated carbocycles. The van der Waals surface area contributed by atoms with E-state index in [4.69, 9.17) is 14.2 Å². The van der Waals surface area contributed by atoms with E-state index in [1.807, 2.05) is 6.92 Å². The summed E-state index contributed by atoms with van der Waals surface area (Å²) in [6, 6.07) is 0. The summed E-state index contributed by atoms with van der Waals surface area (Å²) >= 11 is 0. The maximum absolute atomic E-state index is 12.6. The third kappa shape index (κ3) is 5.63. The fourth-order valence-corrected chi connectivity index (χ4v) is 11.0. The van der Waals surface area contributed by atoms with Crippen molar-refractivity contribution in [1.82, 2.24) is 0 Å². The summed E-state index contributed by atoms with van der Waals surface area (Å²) in [6.45, 7) is 8.60. The van der Waals surface area contributed by atoms with Crippen LogP contribution in [0.25, 0.3) is 0 Å². The van der Waals surface area contributed by atoms with Crippen molar-refractivity contribution in [3.63, 3.8) is 0 Å². The van der Waals surface area contributed by atoms with Crippen LogP contribution in [0.2, 0.25) is 0 Å². The fourth-order valence-electron chi connectivity index (χ4n) is 11.0. The highest BCUT2D eigenvalue weighted by molar-refractivity contribution is 5.21. The van der Waals surface area contributed by atoms with Crippen LogP contribution in [-0.4, -0.2) is 111 Å². The maximum atomic E-state index is 12.6. The Morgan fingerprint density at radius 3 is 2.28 bits per heavy atom. The van der Waals surface area contributed by atoms with Crippen molar-refractivity contribution >= 4 is 0 Å². The third-order valence-corrected chi connectivity index (χ3v) is 13.1. The van der Waals surface area contributed by atoms with Gasteiger partial charge in [0.25, 0.3) is 0 Å². The molecule has 6 unspecified atom stereocenters. The van der Waals surface area contributed by atoms with E-state index in [9.17, 15) is 35.7 Å². The second kappa shape index (κ2) is 12.7. The molecule has 0 aromatic heterocycles. The number of aliphatic hydroxyl groups is 7. The normalized spacial score (nSPS) is 53.0. The molecule has 7 N–H and O–H groups in total. The first-order chi connectivity index (χ1) is 20.2. The molecule has 5 rings (SSSR count). The van der Waals surface area contributed by atoms with Gasteiger partial charge in [-0.3, -0.25) is 0 Å². The van der Waals surface area contributed by atoms with E-state index in [0.29, 0.717) is 19.3 Å². The van der Waals surface area contributed by atoms with Crippen molar-refractivity contribution in [3.8, 4) is 0 Å². The standard InChI is InChI=1S/C33H58O10/c1-17(15-34)7-6-8-18(2)24-26(38)27(39)29-32(24,4)12-10-23-31(3)11-9-19(13-20(31)21(35)14-33(23,29)40)43-30-28(41-5)25(37)22(36)16-42-30/h17-30,34-40H,6-16H2,1-5H3/t17?,18-,19?,20?,21?,22-,23-,24+,25+,26?,27?,28-,29-,30+,31+,32-,33+/m1/s1. The Balaban J connectivity index is 1.32. The van der Waals surface area contributed by atoms with Gasteiger partial charge in [0.15, 0.2) is 6.29 Å². The van der Waals surface area contributed by atoms with E-state index in [1.54, 1.807) is 0 Å². The molecule has 5 aliphatic rings. The van der Waals surface area contributed by atoms with Gasteiger partial charge in [-0.15, -0.1) is 0 Å². The number of hydrogen-bond acceptors (Lipinski definition) is 10. The second-order valence-corrected chi connectivity index (χ2v) is 15.6. The minimum absolute atomic E-state index is 0.0486. The van der Waals surface area contributed by atoms with Crippen LogP contribution in [-0.2, 0) is 14.2 Å². The van der Waals surface area contributed by atoms with Gasteiger partial charge in [0, 0.05) is 26.1 Å². The number of hydrogen-bond donors (Lipinski definition) is 7. The molecular weight excluding hydrogens is 556 g/mol. The zero-order valence-electron chi connectivity index (χ0n) is 26.7. The van der Waals surface area contributed by atoms with E-state index < -0.39 is 59.8 Å². The van der Waals surface area contributed by atoms with Gasteiger partial charge in [-0.25, -0.2) is 0 Å². The molecule has 4 aliphatic carbocycles. The van der Waals surface area contributed by atoms with E-state index >= 15 is 0 Å². The molecule has 43 heavy (non-hydrogen) atoms. The number of methoxy groups -OCH3 is 1. The molecule has 17 atom stereocenters. The van der Waals surface area contributed by atoms with Crippen LogP contribution in [0.1, 0.15) is 85.5 Å². The van der Waals surface area contributed by atoms with Crippen LogP contribution in [0.3, 0.4) is 0 Å². The Morgan fingerprint density at radius 1 is 0.907 bits per heavy atom. The molecule has 10 nitrogen and oxygen atoms in total. The number of aliphatic hydroxyl groups excluding tert-OH is 6. The van der Waals surface area contributed by atoms with Crippen LogP contribution in [0.15, 0.2) is 0 Å². The molecule has 10 heteroatoms. The second-order valence-electron chi connectivity index (χ2n) is 15.6. The summed E-state index contributed by atoms with van der Waals surface area (Å²) < 4.78 is 17.4. The van der Waals surface area contributed by atoms with Crippen LogP contribution < -0.4 is 0 Å². The zero-order chi connectivity index (χ0) is 31.5. The summed E-state index contributed by atoms with van der Waals surface area (Å²) in [7, 11) is 1.45. The van der Waals surface area contributed by atoms with Crippen molar-refractivity contribution in [2.24, 2.45) is 46.3 Å². The minimum Gasteiger partial charge on any atom is -0.396 e. The van der Waals surface area contributed by atoms with E-state index in [2.05, 4.69) is 20.8 Å². The molecule has 1 saturated heterocycles. The first-order valence-corrected chi connectivity index (χ1v) is 16.8. The molecule has 1 aliphatic heterocycles. The Hall–Kier alpha value is -0.400. The summed E-state index contributed by atoms with van der Waals surface area (Å²) in [4.78, 5) is 0. The van der Waals surface area contributed by atoms with Gasteiger partial charge in [0.2, 0.25) is 0 Å². The summed E-state index contributed by atoms with van der Waals surface area (Å²) in [5, 5.41) is 77.2. The quantitative estimate of drug-likeness (QED) is 0.189. The highest BCUT2D eigenvalue weighted by Gasteiger charge is 2.72. The SMILES string of the molecule is CO[C@H]1[C@H](OC2CC[C@@]3(C)C(C2)C(O)C[C@@]2(O)[C@@H]4C(O)C(O)[C@H]([C@H](C)CCCC(C)CO)[C@@]4(C)CC[C@@H]23)OC[C@@H](O)[C@@H]1O. The van der Waals surface area contributed by atoms with Gasteiger partial charge in [-0.05, 0) is 78.9 Å². The largest absolute Gasteiger partial charge is 0.396 e. The molecule has 0 aromatic rings. The Kier molecular flexibility index (Phi) is 9.99. The van der Waals surface area contributed by atoms with E-state index in [0.717, 1.165) is 32.1 Å². The summed E-state index contributed by atoms with van der Waals surface area (Å²) in [5.41, 5.74) is -2.15. The van der Waals surface area contributed by atoms with Gasteiger partial charge in [0.05, 0.1) is 36.6 Å². The molecule has 1 heterocycles. The lowest BCUT2D eigenvalue weighted by molar-refractivity contribution is -0.303. The van der Waals surface area contributed by atoms with Crippen LogP contribution in [0.5, 0.6) is 0 Å².